The first-order chi connectivity index (χ1) is 11.7. The molecular formula is C21H27N3. The van der Waals surface area contributed by atoms with Gasteiger partial charge >= 0.3 is 0 Å². The molecule has 0 amide bonds. The van der Waals surface area contributed by atoms with E-state index in [0.29, 0.717) is 0 Å². The van der Waals surface area contributed by atoms with Crippen LogP contribution in [0.4, 0.5) is 11.4 Å². The number of anilines is 2. The molecule has 2 aromatic rings. The number of nitrogens with zero attached hydrogens (tertiary/aromatic N) is 2. The minimum Gasteiger partial charge on any atom is -0.386 e. The van der Waals surface area contributed by atoms with Crippen LogP contribution in [0.15, 0.2) is 60.3 Å². The Balaban J connectivity index is 1.98. The number of benzene rings is 2. The predicted molar refractivity (Wildman–Crippen MR) is 104 cm³/mol. The summed E-state index contributed by atoms with van der Waals surface area (Å²) in [6.07, 6.45) is 3.45. The van der Waals surface area contributed by atoms with E-state index < -0.39 is 0 Å². The van der Waals surface area contributed by atoms with Gasteiger partial charge < -0.3 is 15.1 Å². The van der Waals surface area contributed by atoms with E-state index in [1.807, 2.05) is 7.05 Å². The molecule has 1 aliphatic rings. The molecule has 0 atom stereocenters. The number of rotatable bonds is 5. The van der Waals surface area contributed by atoms with Crippen molar-refractivity contribution in [3.8, 4) is 0 Å². The number of aryl methyl sites for hydroxylation is 1. The molecule has 0 fully saturated rings. The van der Waals surface area contributed by atoms with Gasteiger partial charge in [-0.3, -0.25) is 0 Å². The fraction of sp³-hybridized carbons (Fsp3) is 0.333. The SMILES string of the molecule is CNc1cc(C)ccc1N(Cc1ccccc1)C1=CCN(C)CC1. The van der Waals surface area contributed by atoms with Gasteiger partial charge in [0.15, 0.2) is 0 Å². The third kappa shape index (κ3) is 3.80. The van der Waals surface area contributed by atoms with E-state index in [2.05, 4.69) is 83.7 Å². The summed E-state index contributed by atoms with van der Waals surface area (Å²) in [7, 11) is 4.18. The van der Waals surface area contributed by atoms with Crippen LogP contribution in [0.3, 0.4) is 0 Å². The monoisotopic (exact) mass is 321 g/mol. The summed E-state index contributed by atoms with van der Waals surface area (Å²) < 4.78 is 0. The standard InChI is InChI=1S/C21H27N3/c1-17-9-10-21(20(15-17)22-2)24(16-18-7-5-4-6-8-18)19-11-13-23(3)14-12-19/h4-11,15,22H,12-14,16H2,1-3H3. The van der Waals surface area contributed by atoms with Crippen molar-refractivity contribution >= 4 is 11.4 Å². The zero-order valence-electron chi connectivity index (χ0n) is 14.9. The molecule has 2 aromatic carbocycles. The Labute approximate surface area is 145 Å². The molecule has 0 spiro atoms. The molecule has 0 saturated heterocycles. The molecule has 3 rings (SSSR count). The topological polar surface area (TPSA) is 18.5 Å². The minimum absolute atomic E-state index is 0.897. The summed E-state index contributed by atoms with van der Waals surface area (Å²) in [4.78, 5) is 4.83. The smallest absolute Gasteiger partial charge is 0.0647 e. The van der Waals surface area contributed by atoms with Crippen LogP contribution in [0.5, 0.6) is 0 Å². The van der Waals surface area contributed by atoms with Gasteiger partial charge in [-0.05, 0) is 37.2 Å². The first-order valence-corrected chi connectivity index (χ1v) is 8.65. The van der Waals surface area contributed by atoms with Gasteiger partial charge in [0.1, 0.15) is 0 Å². The molecule has 0 saturated carbocycles. The Morgan fingerprint density at radius 3 is 2.58 bits per heavy atom. The van der Waals surface area contributed by atoms with Crippen molar-refractivity contribution in [1.29, 1.82) is 0 Å². The summed E-state index contributed by atoms with van der Waals surface area (Å²) in [6.45, 7) is 5.16. The van der Waals surface area contributed by atoms with E-state index in [1.54, 1.807) is 0 Å². The van der Waals surface area contributed by atoms with Crippen molar-refractivity contribution in [3.63, 3.8) is 0 Å². The summed E-state index contributed by atoms with van der Waals surface area (Å²) >= 11 is 0. The molecule has 3 heteroatoms. The highest BCUT2D eigenvalue weighted by atomic mass is 15.2. The van der Waals surface area contributed by atoms with Crippen LogP contribution in [0, 0.1) is 6.92 Å². The number of hydrogen-bond acceptors (Lipinski definition) is 3. The van der Waals surface area contributed by atoms with E-state index in [9.17, 15) is 0 Å². The zero-order chi connectivity index (χ0) is 16.9. The van der Waals surface area contributed by atoms with Gasteiger partial charge in [-0.15, -0.1) is 0 Å². The van der Waals surface area contributed by atoms with Crippen LogP contribution in [0.25, 0.3) is 0 Å². The van der Waals surface area contributed by atoms with Crippen molar-refractivity contribution in [3.05, 3.63) is 71.4 Å². The van der Waals surface area contributed by atoms with Crippen molar-refractivity contribution in [2.45, 2.75) is 19.9 Å². The van der Waals surface area contributed by atoms with Gasteiger partial charge in [0.2, 0.25) is 0 Å². The molecule has 126 valence electrons. The van der Waals surface area contributed by atoms with E-state index in [4.69, 9.17) is 0 Å². The third-order valence-corrected chi connectivity index (χ3v) is 4.63. The minimum atomic E-state index is 0.897. The van der Waals surface area contributed by atoms with Crippen molar-refractivity contribution in [1.82, 2.24) is 4.90 Å². The molecule has 0 radical (unpaired) electrons. The maximum absolute atomic E-state index is 3.37. The van der Waals surface area contributed by atoms with Crippen LogP contribution in [-0.2, 0) is 6.54 Å². The zero-order valence-corrected chi connectivity index (χ0v) is 14.9. The lowest BCUT2D eigenvalue weighted by atomic mass is 10.1. The number of hydrogen-bond donors (Lipinski definition) is 1. The Kier molecular flexibility index (Phi) is 5.21. The highest BCUT2D eigenvalue weighted by Crippen LogP contribution is 2.32. The second-order valence-corrected chi connectivity index (χ2v) is 6.55. The predicted octanol–water partition coefficient (Wildman–Crippen LogP) is 4.26. The maximum Gasteiger partial charge on any atom is 0.0647 e. The first kappa shape index (κ1) is 16.6. The van der Waals surface area contributed by atoms with E-state index in [1.165, 1.54) is 28.2 Å². The summed E-state index contributed by atoms with van der Waals surface area (Å²) in [6, 6.07) is 17.4. The molecule has 3 nitrogen and oxygen atoms in total. The highest BCUT2D eigenvalue weighted by Gasteiger charge is 2.19. The summed E-state index contributed by atoms with van der Waals surface area (Å²) in [5.74, 6) is 0. The van der Waals surface area contributed by atoms with Crippen LogP contribution in [0.2, 0.25) is 0 Å². The number of likely N-dealkylation sites (N-methyl/N-ethyl adjacent to an activating group) is 1. The normalized spacial score (nSPS) is 15.0. The Morgan fingerprint density at radius 1 is 1.12 bits per heavy atom. The molecule has 0 aromatic heterocycles. The van der Waals surface area contributed by atoms with Gasteiger partial charge in [0.25, 0.3) is 0 Å². The van der Waals surface area contributed by atoms with Crippen LogP contribution >= 0.6 is 0 Å². The van der Waals surface area contributed by atoms with Gasteiger partial charge in [0, 0.05) is 38.8 Å². The van der Waals surface area contributed by atoms with Crippen LogP contribution < -0.4 is 10.2 Å². The van der Waals surface area contributed by atoms with Gasteiger partial charge in [-0.1, -0.05) is 42.5 Å². The Bertz CT molecular complexity index is 706. The molecule has 1 N–H and O–H groups in total. The molecule has 1 heterocycles. The Morgan fingerprint density at radius 2 is 1.92 bits per heavy atom. The van der Waals surface area contributed by atoms with Crippen molar-refractivity contribution < 1.29 is 0 Å². The maximum atomic E-state index is 3.37. The fourth-order valence-electron chi connectivity index (χ4n) is 3.20. The third-order valence-electron chi connectivity index (χ3n) is 4.63. The molecule has 0 aliphatic carbocycles. The second kappa shape index (κ2) is 7.54. The average Bonchev–Trinajstić information content (AvgIpc) is 2.61. The number of nitrogens with one attached hydrogen (secondary N) is 1. The molecular weight excluding hydrogens is 294 g/mol. The average molecular weight is 321 g/mol. The lowest BCUT2D eigenvalue weighted by Crippen LogP contribution is -2.31. The summed E-state index contributed by atoms with van der Waals surface area (Å²) in [5, 5.41) is 3.37. The summed E-state index contributed by atoms with van der Waals surface area (Å²) in [5.41, 5.74) is 6.46. The van der Waals surface area contributed by atoms with E-state index in [0.717, 1.165) is 26.1 Å². The quantitative estimate of drug-likeness (QED) is 0.887. The largest absolute Gasteiger partial charge is 0.386 e. The van der Waals surface area contributed by atoms with Crippen LogP contribution in [0.1, 0.15) is 17.5 Å². The van der Waals surface area contributed by atoms with Crippen molar-refractivity contribution in [2.75, 3.05) is 37.4 Å². The highest BCUT2D eigenvalue weighted by molar-refractivity contribution is 5.73. The van der Waals surface area contributed by atoms with Gasteiger partial charge in [0.05, 0.1) is 11.4 Å². The molecule has 24 heavy (non-hydrogen) atoms. The molecule has 0 bridgehead atoms. The second-order valence-electron chi connectivity index (χ2n) is 6.55. The Hall–Kier alpha value is -2.26. The lowest BCUT2D eigenvalue weighted by Gasteiger charge is -2.33. The van der Waals surface area contributed by atoms with Crippen molar-refractivity contribution in [2.24, 2.45) is 0 Å². The van der Waals surface area contributed by atoms with E-state index in [-0.39, 0.29) is 0 Å². The van der Waals surface area contributed by atoms with Gasteiger partial charge in [-0.25, -0.2) is 0 Å². The first-order valence-electron chi connectivity index (χ1n) is 8.65. The van der Waals surface area contributed by atoms with Crippen LogP contribution in [-0.4, -0.2) is 32.1 Å². The molecule has 1 aliphatic heterocycles. The molecule has 0 unspecified atom stereocenters. The van der Waals surface area contributed by atoms with E-state index >= 15 is 0 Å². The van der Waals surface area contributed by atoms with Gasteiger partial charge in [-0.2, -0.15) is 0 Å². The lowest BCUT2D eigenvalue weighted by molar-refractivity contribution is 0.356. The fourth-order valence-corrected chi connectivity index (χ4v) is 3.20.